The van der Waals surface area contributed by atoms with Crippen LogP contribution in [0.2, 0.25) is 0 Å². The molecule has 1 aromatic carbocycles. The van der Waals surface area contributed by atoms with Crippen LogP contribution in [-0.4, -0.2) is 24.2 Å². The first-order chi connectivity index (χ1) is 8.71. The molecule has 0 radical (unpaired) electrons. The summed E-state index contributed by atoms with van der Waals surface area (Å²) in [6, 6.07) is 6.65. The molecule has 6 nitrogen and oxygen atoms in total. The second kappa shape index (κ2) is 5.22. The summed E-state index contributed by atoms with van der Waals surface area (Å²) in [6.07, 6.45) is 1.43. The smallest absolute Gasteiger partial charge is 0.252 e. The van der Waals surface area contributed by atoms with E-state index in [1.807, 2.05) is 0 Å². The molecule has 0 fully saturated rings. The lowest BCUT2D eigenvalue weighted by Gasteiger charge is -2.09. The number of nitrogens with zero attached hydrogens (tertiary/aromatic N) is 1. The van der Waals surface area contributed by atoms with Gasteiger partial charge in [-0.3, -0.25) is 9.78 Å². The van der Waals surface area contributed by atoms with Gasteiger partial charge >= 0.3 is 0 Å². The predicted octanol–water partition coefficient (Wildman–Crippen LogP) is 1.53. The number of anilines is 2. The molecule has 2 N–H and O–H groups in total. The second-order valence-corrected chi connectivity index (χ2v) is 3.51. The number of ether oxygens (including phenoxy) is 2. The van der Waals surface area contributed by atoms with E-state index in [2.05, 4.69) is 15.3 Å². The minimum atomic E-state index is -0.220. The van der Waals surface area contributed by atoms with E-state index in [1.54, 1.807) is 32.4 Å². The number of hydrogen-bond acceptors (Lipinski definition) is 5. The van der Waals surface area contributed by atoms with Gasteiger partial charge in [0.05, 0.1) is 14.2 Å². The first-order valence-corrected chi connectivity index (χ1v) is 5.26. The van der Waals surface area contributed by atoms with Crippen LogP contribution in [0.4, 0.5) is 11.6 Å². The molecule has 6 heteroatoms. The number of nitrogens with one attached hydrogen (secondary N) is 2. The molecular weight excluding hydrogens is 234 g/mol. The van der Waals surface area contributed by atoms with Crippen molar-refractivity contribution in [1.29, 1.82) is 0 Å². The highest BCUT2D eigenvalue weighted by Gasteiger charge is 2.03. The fourth-order valence-electron chi connectivity index (χ4n) is 1.45. The zero-order chi connectivity index (χ0) is 13.0. The summed E-state index contributed by atoms with van der Waals surface area (Å²) < 4.78 is 10.3. The molecule has 0 unspecified atom stereocenters. The quantitative estimate of drug-likeness (QED) is 0.856. The number of rotatable bonds is 4. The van der Waals surface area contributed by atoms with Crippen molar-refractivity contribution in [2.45, 2.75) is 0 Å². The van der Waals surface area contributed by atoms with E-state index >= 15 is 0 Å². The van der Waals surface area contributed by atoms with Crippen molar-refractivity contribution in [3.05, 3.63) is 40.8 Å². The highest BCUT2D eigenvalue weighted by molar-refractivity contribution is 5.59. The molecule has 2 rings (SSSR count). The van der Waals surface area contributed by atoms with E-state index in [9.17, 15) is 4.79 Å². The van der Waals surface area contributed by atoms with Crippen LogP contribution in [0.3, 0.4) is 0 Å². The average molecular weight is 247 g/mol. The van der Waals surface area contributed by atoms with Crippen LogP contribution >= 0.6 is 0 Å². The zero-order valence-corrected chi connectivity index (χ0v) is 10.1. The summed E-state index contributed by atoms with van der Waals surface area (Å²) in [4.78, 5) is 17.7. The molecule has 0 amide bonds. The summed E-state index contributed by atoms with van der Waals surface area (Å²) in [7, 11) is 3.14. The van der Waals surface area contributed by atoms with Crippen molar-refractivity contribution in [1.82, 2.24) is 9.97 Å². The van der Waals surface area contributed by atoms with Crippen molar-refractivity contribution >= 4 is 11.6 Å². The largest absolute Gasteiger partial charge is 0.497 e. The molecule has 2 aromatic rings. The van der Waals surface area contributed by atoms with E-state index in [4.69, 9.17) is 9.47 Å². The lowest BCUT2D eigenvalue weighted by atomic mass is 10.3. The van der Waals surface area contributed by atoms with Gasteiger partial charge in [-0.25, -0.2) is 4.98 Å². The van der Waals surface area contributed by atoms with Crippen LogP contribution in [-0.2, 0) is 0 Å². The van der Waals surface area contributed by atoms with Crippen molar-refractivity contribution in [2.24, 2.45) is 0 Å². The van der Waals surface area contributed by atoms with Gasteiger partial charge < -0.3 is 14.8 Å². The predicted molar refractivity (Wildman–Crippen MR) is 67.7 cm³/mol. The van der Waals surface area contributed by atoms with Crippen LogP contribution < -0.4 is 20.3 Å². The van der Waals surface area contributed by atoms with Crippen LogP contribution in [0.25, 0.3) is 0 Å². The monoisotopic (exact) mass is 247 g/mol. The van der Waals surface area contributed by atoms with Gasteiger partial charge in [-0.15, -0.1) is 0 Å². The maximum absolute atomic E-state index is 11.1. The molecule has 0 saturated heterocycles. The van der Waals surface area contributed by atoms with Gasteiger partial charge in [0.1, 0.15) is 11.5 Å². The minimum absolute atomic E-state index is 0.220. The third-order valence-electron chi connectivity index (χ3n) is 2.29. The molecule has 0 aliphatic heterocycles. The number of hydrogen-bond donors (Lipinski definition) is 2. The Bertz CT molecular complexity index is 573. The van der Waals surface area contributed by atoms with E-state index in [0.29, 0.717) is 23.1 Å². The molecular formula is C12H13N3O3. The molecule has 94 valence electrons. The second-order valence-electron chi connectivity index (χ2n) is 3.51. The van der Waals surface area contributed by atoms with E-state index in [-0.39, 0.29) is 5.56 Å². The van der Waals surface area contributed by atoms with Gasteiger partial charge in [0, 0.05) is 36.1 Å². The lowest BCUT2D eigenvalue weighted by Crippen LogP contribution is -2.08. The Kier molecular flexibility index (Phi) is 3.47. The molecule has 0 aliphatic carbocycles. The Morgan fingerprint density at radius 3 is 2.39 bits per heavy atom. The molecule has 1 aromatic heterocycles. The van der Waals surface area contributed by atoms with Crippen LogP contribution in [0.5, 0.6) is 11.5 Å². The standard InChI is InChI=1S/C12H13N3O3/c1-17-9-5-8(6-10(7-9)18-2)14-12-13-4-3-11(16)15-12/h3-7H,1-2H3,(H2,13,14,15,16). The average Bonchev–Trinajstić information content (AvgIpc) is 2.38. The molecule has 0 bridgehead atoms. The van der Waals surface area contributed by atoms with Gasteiger partial charge in [-0.05, 0) is 0 Å². The van der Waals surface area contributed by atoms with Gasteiger partial charge in [0.2, 0.25) is 5.95 Å². The Labute approximate surface area is 104 Å². The van der Waals surface area contributed by atoms with Crippen molar-refractivity contribution in [3.63, 3.8) is 0 Å². The van der Waals surface area contributed by atoms with Gasteiger partial charge in [0.15, 0.2) is 0 Å². The number of aromatic amines is 1. The normalized spacial score (nSPS) is 9.89. The van der Waals surface area contributed by atoms with E-state index in [0.717, 1.165) is 0 Å². The van der Waals surface area contributed by atoms with Crippen molar-refractivity contribution < 1.29 is 9.47 Å². The fraction of sp³-hybridized carbons (Fsp3) is 0.167. The molecule has 0 atom stereocenters. The third kappa shape index (κ3) is 2.79. The van der Waals surface area contributed by atoms with Crippen LogP contribution in [0, 0.1) is 0 Å². The molecule has 1 heterocycles. The van der Waals surface area contributed by atoms with Gasteiger partial charge in [-0.2, -0.15) is 0 Å². The van der Waals surface area contributed by atoms with E-state index in [1.165, 1.54) is 12.3 Å². The Morgan fingerprint density at radius 2 is 1.83 bits per heavy atom. The van der Waals surface area contributed by atoms with E-state index < -0.39 is 0 Å². The maximum Gasteiger partial charge on any atom is 0.252 e. The summed E-state index contributed by atoms with van der Waals surface area (Å²) in [5, 5.41) is 2.97. The topological polar surface area (TPSA) is 76.2 Å². The van der Waals surface area contributed by atoms with Crippen molar-refractivity contribution in [2.75, 3.05) is 19.5 Å². The van der Waals surface area contributed by atoms with Crippen LogP contribution in [0.1, 0.15) is 0 Å². The highest BCUT2D eigenvalue weighted by Crippen LogP contribution is 2.26. The number of aromatic nitrogens is 2. The molecule has 18 heavy (non-hydrogen) atoms. The summed E-state index contributed by atoms with van der Waals surface area (Å²) in [5.74, 6) is 1.66. The molecule has 0 spiro atoms. The Morgan fingerprint density at radius 1 is 1.17 bits per heavy atom. The Balaban J connectivity index is 2.30. The first-order valence-electron chi connectivity index (χ1n) is 5.26. The van der Waals surface area contributed by atoms with Crippen LogP contribution in [0.15, 0.2) is 35.3 Å². The summed E-state index contributed by atoms with van der Waals surface area (Å²) in [5.41, 5.74) is 0.489. The first kappa shape index (κ1) is 12.0. The summed E-state index contributed by atoms with van der Waals surface area (Å²) >= 11 is 0. The maximum atomic E-state index is 11.1. The molecule has 0 saturated carbocycles. The van der Waals surface area contributed by atoms with Gasteiger partial charge in [-0.1, -0.05) is 0 Å². The zero-order valence-electron chi connectivity index (χ0n) is 10.1. The van der Waals surface area contributed by atoms with Crippen molar-refractivity contribution in [3.8, 4) is 11.5 Å². The number of benzene rings is 1. The Hall–Kier alpha value is -2.50. The minimum Gasteiger partial charge on any atom is -0.497 e. The lowest BCUT2D eigenvalue weighted by molar-refractivity contribution is 0.395. The number of H-pyrrole nitrogens is 1. The summed E-state index contributed by atoms with van der Waals surface area (Å²) in [6.45, 7) is 0. The fourth-order valence-corrected chi connectivity index (χ4v) is 1.45. The highest BCUT2D eigenvalue weighted by atomic mass is 16.5. The molecule has 0 aliphatic rings. The SMILES string of the molecule is COc1cc(Nc2nccc(=O)[nH]2)cc(OC)c1. The van der Waals surface area contributed by atoms with Gasteiger partial charge in [0.25, 0.3) is 5.56 Å². The number of methoxy groups -OCH3 is 2. The third-order valence-corrected chi connectivity index (χ3v) is 2.29.